The minimum atomic E-state index is -4.42. The van der Waals surface area contributed by atoms with Crippen LogP contribution in [-0.4, -0.2) is 24.3 Å². The van der Waals surface area contributed by atoms with Crippen LogP contribution in [0.15, 0.2) is 42.6 Å². The molecule has 0 aliphatic carbocycles. The number of hydrogen-bond acceptors (Lipinski definition) is 4. The standard InChI is InChI=1S/C19H21BF3NO3/c1-17(2)12-25-20(27-18(17,3)4)14-6-8-15(9-7-14)26-16-10-5-13(11-24-16)19(21,22)23/h5-11H,12H2,1-4H3. The Morgan fingerprint density at radius 2 is 1.70 bits per heavy atom. The first-order chi connectivity index (χ1) is 12.5. The van der Waals surface area contributed by atoms with Gasteiger partial charge in [0.2, 0.25) is 5.88 Å². The van der Waals surface area contributed by atoms with Crippen molar-refractivity contribution < 1.29 is 27.2 Å². The van der Waals surface area contributed by atoms with E-state index in [0.717, 1.165) is 17.7 Å². The zero-order valence-electron chi connectivity index (χ0n) is 15.6. The van der Waals surface area contributed by atoms with Gasteiger partial charge in [0.15, 0.2) is 0 Å². The maximum atomic E-state index is 12.6. The van der Waals surface area contributed by atoms with Crippen LogP contribution in [0.4, 0.5) is 13.2 Å². The molecule has 1 aliphatic heterocycles. The van der Waals surface area contributed by atoms with Crippen LogP contribution in [0.3, 0.4) is 0 Å². The molecule has 0 unspecified atom stereocenters. The van der Waals surface area contributed by atoms with E-state index in [-0.39, 0.29) is 16.9 Å². The van der Waals surface area contributed by atoms with E-state index in [0.29, 0.717) is 12.4 Å². The molecule has 1 saturated heterocycles. The molecule has 0 N–H and O–H groups in total. The van der Waals surface area contributed by atoms with Gasteiger partial charge in [0, 0.05) is 24.3 Å². The lowest BCUT2D eigenvalue weighted by atomic mass is 9.69. The van der Waals surface area contributed by atoms with Gasteiger partial charge in [-0.2, -0.15) is 13.2 Å². The molecule has 3 rings (SSSR count). The molecule has 0 bridgehead atoms. The zero-order chi connectivity index (χ0) is 19.9. The molecule has 1 aromatic carbocycles. The second-order valence-electron chi connectivity index (χ2n) is 7.71. The first kappa shape index (κ1) is 19.7. The van der Waals surface area contributed by atoms with E-state index in [1.54, 1.807) is 24.3 Å². The fourth-order valence-corrected chi connectivity index (χ4v) is 2.51. The Morgan fingerprint density at radius 1 is 1.04 bits per heavy atom. The van der Waals surface area contributed by atoms with Crippen LogP contribution in [0.25, 0.3) is 0 Å². The molecule has 2 heterocycles. The molecular weight excluding hydrogens is 358 g/mol. The van der Waals surface area contributed by atoms with Crippen LogP contribution >= 0.6 is 0 Å². The Balaban J connectivity index is 1.67. The van der Waals surface area contributed by atoms with Crippen LogP contribution in [-0.2, 0) is 15.5 Å². The van der Waals surface area contributed by atoms with Gasteiger partial charge in [0.25, 0.3) is 0 Å². The van der Waals surface area contributed by atoms with Crippen LogP contribution < -0.4 is 10.2 Å². The first-order valence-electron chi connectivity index (χ1n) is 8.58. The summed E-state index contributed by atoms with van der Waals surface area (Å²) in [5.74, 6) is 0.546. The van der Waals surface area contributed by atoms with Crippen molar-refractivity contribution in [1.29, 1.82) is 0 Å². The summed E-state index contributed by atoms with van der Waals surface area (Å²) in [5, 5.41) is 0. The van der Waals surface area contributed by atoms with E-state index in [4.69, 9.17) is 14.0 Å². The Hall–Kier alpha value is -2.06. The van der Waals surface area contributed by atoms with Gasteiger partial charge in [-0.15, -0.1) is 0 Å². The number of alkyl halides is 3. The molecule has 1 fully saturated rings. The van der Waals surface area contributed by atoms with E-state index >= 15 is 0 Å². The zero-order valence-corrected chi connectivity index (χ0v) is 15.6. The molecule has 2 aromatic rings. The molecule has 1 aromatic heterocycles. The smallest absolute Gasteiger partial charge is 0.439 e. The molecule has 8 heteroatoms. The molecule has 0 saturated carbocycles. The highest BCUT2D eigenvalue weighted by Crippen LogP contribution is 2.38. The van der Waals surface area contributed by atoms with Gasteiger partial charge >= 0.3 is 13.3 Å². The molecule has 144 valence electrons. The third kappa shape index (κ3) is 4.27. The third-order valence-electron chi connectivity index (χ3n) is 5.07. The van der Waals surface area contributed by atoms with E-state index in [1.807, 2.05) is 13.8 Å². The van der Waals surface area contributed by atoms with Gasteiger partial charge in [-0.25, -0.2) is 4.98 Å². The van der Waals surface area contributed by atoms with Gasteiger partial charge in [-0.1, -0.05) is 26.0 Å². The second kappa shape index (κ2) is 6.84. The van der Waals surface area contributed by atoms with E-state index in [1.165, 1.54) is 6.07 Å². The number of hydrogen-bond donors (Lipinski definition) is 0. The Labute approximate surface area is 156 Å². The maximum Gasteiger partial charge on any atom is 0.494 e. The van der Waals surface area contributed by atoms with Crippen molar-refractivity contribution in [2.24, 2.45) is 5.41 Å². The maximum absolute atomic E-state index is 12.6. The molecule has 0 amide bonds. The predicted octanol–water partition coefficient (Wildman–Crippen LogP) is 4.44. The fraction of sp³-hybridized carbons (Fsp3) is 0.421. The average Bonchev–Trinajstić information content (AvgIpc) is 2.58. The summed E-state index contributed by atoms with van der Waals surface area (Å²) in [6.45, 7) is 8.83. The number of pyridine rings is 1. The lowest BCUT2D eigenvalue weighted by Crippen LogP contribution is -2.58. The minimum Gasteiger partial charge on any atom is -0.439 e. The summed E-state index contributed by atoms with van der Waals surface area (Å²) in [7, 11) is -0.480. The summed E-state index contributed by atoms with van der Waals surface area (Å²) in [4.78, 5) is 3.70. The van der Waals surface area contributed by atoms with Crippen molar-refractivity contribution in [3.05, 3.63) is 48.2 Å². The number of aromatic nitrogens is 1. The Morgan fingerprint density at radius 3 is 2.22 bits per heavy atom. The molecule has 4 nitrogen and oxygen atoms in total. The van der Waals surface area contributed by atoms with Gasteiger partial charge in [-0.3, -0.25) is 0 Å². The van der Waals surface area contributed by atoms with E-state index < -0.39 is 18.9 Å². The number of ether oxygens (including phenoxy) is 1. The van der Waals surface area contributed by atoms with Gasteiger partial charge in [-0.05, 0) is 37.5 Å². The molecule has 27 heavy (non-hydrogen) atoms. The molecular formula is C19H21BF3NO3. The highest BCUT2D eigenvalue weighted by molar-refractivity contribution is 6.61. The normalized spacial score (nSPS) is 19.0. The van der Waals surface area contributed by atoms with Gasteiger partial charge in [0.05, 0.1) is 11.2 Å². The van der Waals surface area contributed by atoms with Crippen molar-refractivity contribution in [2.75, 3.05) is 6.61 Å². The molecule has 1 aliphatic rings. The van der Waals surface area contributed by atoms with Crippen molar-refractivity contribution >= 4 is 12.6 Å². The largest absolute Gasteiger partial charge is 0.494 e. The van der Waals surface area contributed by atoms with Crippen LogP contribution in [0.5, 0.6) is 11.6 Å². The lowest BCUT2D eigenvalue weighted by Gasteiger charge is -2.47. The summed E-state index contributed by atoms with van der Waals surface area (Å²) >= 11 is 0. The van der Waals surface area contributed by atoms with E-state index in [2.05, 4.69) is 18.8 Å². The monoisotopic (exact) mass is 379 g/mol. The lowest BCUT2D eigenvalue weighted by molar-refractivity contribution is -0.137. The van der Waals surface area contributed by atoms with Crippen molar-refractivity contribution in [3.8, 4) is 11.6 Å². The molecule has 0 spiro atoms. The summed E-state index contributed by atoms with van der Waals surface area (Å²) < 4.78 is 55.1. The Kier molecular flexibility index (Phi) is 4.99. The van der Waals surface area contributed by atoms with E-state index in [9.17, 15) is 13.2 Å². The minimum absolute atomic E-state index is 0.0869. The predicted molar refractivity (Wildman–Crippen MR) is 96.0 cm³/mol. The number of rotatable bonds is 3. The summed E-state index contributed by atoms with van der Waals surface area (Å²) in [5.41, 5.74) is -0.440. The van der Waals surface area contributed by atoms with Gasteiger partial charge < -0.3 is 14.0 Å². The number of benzene rings is 1. The quantitative estimate of drug-likeness (QED) is 0.740. The van der Waals surface area contributed by atoms with Crippen molar-refractivity contribution in [1.82, 2.24) is 4.98 Å². The highest BCUT2D eigenvalue weighted by atomic mass is 19.4. The summed E-state index contributed by atoms with van der Waals surface area (Å²) in [6.07, 6.45) is -3.67. The van der Waals surface area contributed by atoms with Crippen molar-refractivity contribution in [2.45, 2.75) is 39.5 Å². The first-order valence-corrected chi connectivity index (χ1v) is 8.58. The topological polar surface area (TPSA) is 40.6 Å². The second-order valence-corrected chi connectivity index (χ2v) is 7.71. The average molecular weight is 379 g/mol. The SMILES string of the molecule is CC1(C)COB(c2ccc(Oc3ccc(C(F)(F)F)cn3)cc2)OC1(C)C. The summed E-state index contributed by atoms with van der Waals surface area (Å²) in [6, 6.07) is 9.14. The number of halogens is 3. The Bertz CT molecular complexity index is 789. The highest BCUT2D eigenvalue weighted by Gasteiger charge is 2.46. The third-order valence-corrected chi connectivity index (χ3v) is 5.07. The number of nitrogens with zero attached hydrogens (tertiary/aromatic N) is 1. The van der Waals surface area contributed by atoms with Crippen LogP contribution in [0, 0.1) is 5.41 Å². The van der Waals surface area contributed by atoms with Crippen LogP contribution in [0.1, 0.15) is 33.3 Å². The molecule has 0 radical (unpaired) electrons. The van der Waals surface area contributed by atoms with Crippen LogP contribution in [0.2, 0.25) is 0 Å². The van der Waals surface area contributed by atoms with Gasteiger partial charge in [0.1, 0.15) is 5.75 Å². The fourth-order valence-electron chi connectivity index (χ4n) is 2.51. The van der Waals surface area contributed by atoms with Crippen molar-refractivity contribution in [3.63, 3.8) is 0 Å². The molecule has 0 atom stereocenters.